The van der Waals surface area contributed by atoms with Gasteiger partial charge in [-0.3, -0.25) is 14.4 Å². The Morgan fingerprint density at radius 1 is 0.893 bits per heavy atom. The fourth-order valence-electron chi connectivity index (χ4n) is 2.66. The van der Waals surface area contributed by atoms with Gasteiger partial charge in [-0.25, -0.2) is 0 Å². The first-order valence-corrected chi connectivity index (χ1v) is 9.33. The molecule has 0 spiro atoms. The lowest BCUT2D eigenvalue weighted by Gasteiger charge is -2.11. The minimum Gasteiger partial charge on any atom is -0.469 e. The van der Waals surface area contributed by atoms with E-state index in [-0.39, 0.29) is 17.8 Å². The lowest BCUT2D eigenvalue weighted by molar-refractivity contribution is -0.140. The Morgan fingerprint density at radius 2 is 1.64 bits per heavy atom. The van der Waals surface area contributed by atoms with Gasteiger partial charge in [-0.2, -0.15) is 0 Å². The van der Waals surface area contributed by atoms with E-state index in [4.69, 9.17) is 0 Å². The molecule has 2 aromatic carbocycles. The van der Waals surface area contributed by atoms with Gasteiger partial charge in [0.2, 0.25) is 0 Å². The minimum atomic E-state index is -0.216. The summed E-state index contributed by atoms with van der Waals surface area (Å²) in [7, 11) is 1.38. The third-order valence-electron chi connectivity index (χ3n) is 4.35. The van der Waals surface area contributed by atoms with E-state index >= 15 is 0 Å². The number of benzene rings is 2. The van der Waals surface area contributed by atoms with Gasteiger partial charge in [0.1, 0.15) is 0 Å². The van der Waals surface area contributed by atoms with Crippen LogP contribution >= 0.6 is 0 Å². The van der Waals surface area contributed by atoms with Gasteiger partial charge in [0, 0.05) is 29.8 Å². The molecule has 6 heteroatoms. The number of unbranched alkanes of at least 4 members (excludes halogenated alkanes) is 2. The normalized spacial score (nSPS) is 10.2. The number of hydrogen-bond acceptors (Lipinski definition) is 4. The molecule has 0 aliphatic rings. The smallest absolute Gasteiger partial charge is 0.305 e. The van der Waals surface area contributed by atoms with Crippen molar-refractivity contribution in [2.45, 2.75) is 32.6 Å². The van der Waals surface area contributed by atoms with Crippen LogP contribution in [0.1, 0.15) is 52.0 Å². The highest BCUT2D eigenvalue weighted by molar-refractivity contribution is 6.05. The van der Waals surface area contributed by atoms with Crippen LogP contribution in [0.15, 0.2) is 48.5 Å². The van der Waals surface area contributed by atoms with Crippen molar-refractivity contribution in [1.82, 2.24) is 5.32 Å². The number of nitrogens with one attached hydrogen (secondary N) is 2. The third-order valence-corrected chi connectivity index (χ3v) is 4.35. The summed E-state index contributed by atoms with van der Waals surface area (Å²) < 4.78 is 4.59. The number of rotatable bonds is 9. The summed E-state index contributed by atoms with van der Waals surface area (Å²) in [6.45, 7) is 2.41. The van der Waals surface area contributed by atoms with Gasteiger partial charge in [0.15, 0.2) is 0 Å². The lowest BCUT2D eigenvalue weighted by Crippen LogP contribution is -2.24. The molecule has 2 N–H and O–H groups in total. The summed E-state index contributed by atoms with van der Waals surface area (Å²) in [4.78, 5) is 35.7. The SMILES string of the molecule is COC(=O)CCCCCNC(=O)c1ccc(C)c(NC(=O)c2ccccc2)c1. The quantitative estimate of drug-likeness (QED) is 0.511. The van der Waals surface area contributed by atoms with Crippen LogP contribution in [-0.2, 0) is 9.53 Å². The number of amides is 2. The van der Waals surface area contributed by atoms with E-state index in [9.17, 15) is 14.4 Å². The molecule has 2 amide bonds. The van der Waals surface area contributed by atoms with Gasteiger partial charge in [0.05, 0.1) is 7.11 Å². The second-order valence-electron chi connectivity index (χ2n) is 6.49. The summed E-state index contributed by atoms with van der Waals surface area (Å²) in [5, 5.41) is 5.72. The predicted octanol–water partition coefficient (Wildman–Crippen LogP) is 3.71. The average molecular weight is 382 g/mol. The fraction of sp³-hybridized carbons (Fsp3) is 0.318. The van der Waals surface area contributed by atoms with E-state index in [0.29, 0.717) is 29.8 Å². The molecule has 6 nitrogen and oxygen atoms in total. The summed E-state index contributed by atoms with van der Waals surface area (Å²) >= 11 is 0. The molecule has 0 unspecified atom stereocenters. The minimum absolute atomic E-state index is 0.192. The number of carbonyl (C=O) groups is 3. The number of ether oxygens (including phenoxy) is 1. The Labute approximate surface area is 165 Å². The zero-order valence-electron chi connectivity index (χ0n) is 16.3. The summed E-state index contributed by atoms with van der Waals surface area (Å²) in [6, 6.07) is 14.2. The zero-order valence-corrected chi connectivity index (χ0v) is 16.3. The number of hydrogen-bond donors (Lipinski definition) is 2. The number of methoxy groups -OCH3 is 1. The molecule has 2 rings (SSSR count). The van der Waals surface area contributed by atoms with E-state index in [1.54, 1.807) is 36.4 Å². The second-order valence-corrected chi connectivity index (χ2v) is 6.49. The second kappa shape index (κ2) is 10.9. The maximum Gasteiger partial charge on any atom is 0.305 e. The van der Waals surface area contributed by atoms with Crippen molar-refractivity contribution >= 4 is 23.5 Å². The van der Waals surface area contributed by atoms with Crippen LogP contribution in [0, 0.1) is 6.92 Å². The number of esters is 1. The van der Waals surface area contributed by atoms with Crippen LogP contribution in [0.2, 0.25) is 0 Å². The van der Waals surface area contributed by atoms with Crippen LogP contribution in [0.4, 0.5) is 5.69 Å². The molecular weight excluding hydrogens is 356 g/mol. The molecule has 0 saturated heterocycles. The predicted molar refractivity (Wildman–Crippen MR) is 108 cm³/mol. The molecule has 148 valence electrons. The Bertz CT molecular complexity index is 819. The van der Waals surface area contributed by atoms with Crippen LogP contribution in [0.5, 0.6) is 0 Å². The van der Waals surface area contributed by atoms with Crippen LogP contribution in [0.3, 0.4) is 0 Å². The molecule has 0 aliphatic heterocycles. The van der Waals surface area contributed by atoms with Crippen molar-refractivity contribution in [2.24, 2.45) is 0 Å². The van der Waals surface area contributed by atoms with Gasteiger partial charge in [0.25, 0.3) is 11.8 Å². The average Bonchev–Trinajstić information content (AvgIpc) is 2.72. The van der Waals surface area contributed by atoms with Gasteiger partial charge < -0.3 is 15.4 Å². The number of aryl methyl sites for hydroxylation is 1. The largest absolute Gasteiger partial charge is 0.469 e. The van der Waals surface area contributed by atoms with Crippen molar-refractivity contribution in [3.05, 3.63) is 65.2 Å². The molecule has 0 aliphatic carbocycles. The Kier molecular flexibility index (Phi) is 8.21. The van der Waals surface area contributed by atoms with Crippen molar-refractivity contribution in [3.63, 3.8) is 0 Å². The lowest BCUT2D eigenvalue weighted by atomic mass is 10.1. The monoisotopic (exact) mass is 382 g/mol. The van der Waals surface area contributed by atoms with Crippen molar-refractivity contribution in [3.8, 4) is 0 Å². The topological polar surface area (TPSA) is 84.5 Å². The van der Waals surface area contributed by atoms with E-state index < -0.39 is 0 Å². The van der Waals surface area contributed by atoms with Crippen LogP contribution in [-0.4, -0.2) is 31.4 Å². The Hall–Kier alpha value is -3.15. The summed E-state index contributed by atoms with van der Waals surface area (Å²) in [6.07, 6.45) is 2.75. The van der Waals surface area contributed by atoms with E-state index in [1.165, 1.54) is 7.11 Å². The first-order valence-electron chi connectivity index (χ1n) is 9.33. The van der Waals surface area contributed by atoms with E-state index in [1.807, 2.05) is 19.1 Å². The summed E-state index contributed by atoms with van der Waals surface area (Å²) in [5.74, 6) is -0.621. The number of carbonyl (C=O) groups excluding carboxylic acids is 3. The third kappa shape index (κ3) is 6.54. The first kappa shape index (κ1) is 21.2. The Morgan fingerprint density at radius 3 is 2.36 bits per heavy atom. The maximum absolute atomic E-state index is 12.4. The highest BCUT2D eigenvalue weighted by Gasteiger charge is 2.11. The van der Waals surface area contributed by atoms with Gasteiger partial charge >= 0.3 is 5.97 Å². The standard InChI is InChI=1S/C22H26N2O4/c1-16-12-13-18(21(26)23-14-8-4-7-11-20(25)28-2)15-19(16)24-22(27)17-9-5-3-6-10-17/h3,5-6,9-10,12-13,15H,4,7-8,11,14H2,1-2H3,(H,23,26)(H,24,27). The highest BCUT2D eigenvalue weighted by Crippen LogP contribution is 2.18. The van der Waals surface area contributed by atoms with Crippen LogP contribution in [0.25, 0.3) is 0 Å². The molecule has 0 atom stereocenters. The van der Waals surface area contributed by atoms with Crippen LogP contribution < -0.4 is 10.6 Å². The van der Waals surface area contributed by atoms with Gasteiger partial charge in [-0.05, 0) is 49.6 Å². The van der Waals surface area contributed by atoms with Crippen molar-refractivity contribution in [2.75, 3.05) is 19.0 Å². The van der Waals surface area contributed by atoms with E-state index in [0.717, 1.165) is 24.8 Å². The fourth-order valence-corrected chi connectivity index (χ4v) is 2.66. The zero-order chi connectivity index (χ0) is 20.4. The van der Waals surface area contributed by atoms with Crippen molar-refractivity contribution in [1.29, 1.82) is 0 Å². The Balaban J connectivity index is 1.86. The molecule has 28 heavy (non-hydrogen) atoms. The van der Waals surface area contributed by atoms with E-state index in [2.05, 4.69) is 15.4 Å². The number of anilines is 1. The molecule has 0 heterocycles. The molecule has 0 saturated carbocycles. The molecular formula is C22H26N2O4. The summed E-state index contributed by atoms with van der Waals surface area (Å²) in [5.41, 5.74) is 2.54. The molecule has 0 radical (unpaired) electrons. The van der Waals surface area contributed by atoms with Crippen molar-refractivity contribution < 1.29 is 19.1 Å². The molecule has 2 aromatic rings. The maximum atomic E-state index is 12.4. The molecule has 0 bridgehead atoms. The van der Waals surface area contributed by atoms with Gasteiger partial charge in [-0.15, -0.1) is 0 Å². The molecule has 0 fully saturated rings. The first-order chi connectivity index (χ1) is 13.5. The molecule has 0 aromatic heterocycles. The highest BCUT2D eigenvalue weighted by atomic mass is 16.5. The van der Waals surface area contributed by atoms with Gasteiger partial charge in [-0.1, -0.05) is 30.7 Å².